The van der Waals surface area contributed by atoms with Crippen molar-refractivity contribution >= 4 is 21.4 Å². The summed E-state index contributed by atoms with van der Waals surface area (Å²) in [4.78, 5) is 0.986. The van der Waals surface area contributed by atoms with Crippen LogP contribution in [0.3, 0.4) is 0 Å². The average Bonchev–Trinajstić information content (AvgIpc) is 2.88. The SMILES string of the molecule is CNCc1ccc(S(=O)(=O)NCC2COCCO2)s1. The third kappa shape index (κ3) is 4.23. The Morgan fingerprint density at radius 3 is 2.95 bits per heavy atom. The summed E-state index contributed by atoms with van der Waals surface area (Å²) >= 11 is 1.27. The zero-order chi connectivity index (χ0) is 13.7. The van der Waals surface area contributed by atoms with Crippen LogP contribution in [0.15, 0.2) is 16.3 Å². The molecule has 1 aromatic rings. The first-order valence-electron chi connectivity index (χ1n) is 6.04. The molecule has 1 atom stereocenters. The second-order valence-corrected chi connectivity index (χ2v) is 7.33. The fraction of sp³-hybridized carbons (Fsp3) is 0.636. The lowest BCUT2D eigenvalue weighted by Gasteiger charge is -2.22. The molecule has 108 valence electrons. The van der Waals surface area contributed by atoms with Gasteiger partial charge in [0, 0.05) is 18.0 Å². The number of ether oxygens (including phenoxy) is 2. The van der Waals surface area contributed by atoms with Crippen LogP contribution in [0.1, 0.15) is 4.88 Å². The van der Waals surface area contributed by atoms with Crippen LogP contribution in [0.4, 0.5) is 0 Å². The van der Waals surface area contributed by atoms with Gasteiger partial charge in [0.2, 0.25) is 10.0 Å². The topological polar surface area (TPSA) is 76.7 Å². The lowest BCUT2D eigenvalue weighted by atomic mass is 10.3. The van der Waals surface area contributed by atoms with E-state index in [1.54, 1.807) is 6.07 Å². The molecule has 19 heavy (non-hydrogen) atoms. The molecule has 1 aromatic heterocycles. The molecule has 1 aliphatic rings. The lowest BCUT2D eigenvalue weighted by Crippen LogP contribution is -2.39. The quantitative estimate of drug-likeness (QED) is 0.783. The highest BCUT2D eigenvalue weighted by atomic mass is 32.2. The molecule has 2 rings (SSSR count). The summed E-state index contributed by atoms with van der Waals surface area (Å²) in [6, 6.07) is 3.44. The first-order chi connectivity index (χ1) is 9.12. The van der Waals surface area contributed by atoms with Crippen LogP contribution in [0.25, 0.3) is 0 Å². The number of thiophene rings is 1. The standard InChI is InChI=1S/C11H18N2O4S2/c1-12-7-10-2-3-11(18-10)19(14,15)13-6-9-8-16-4-5-17-9/h2-3,9,12-13H,4-8H2,1H3. The molecule has 1 fully saturated rings. The van der Waals surface area contributed by atoms with Crippen LogP contribution in [-0.2, 0) is 26.0 Å². The summed E-state index contributed by atoms with van der Waals surface area (Å²) in [6.07, 6.45) is -0.208. The van der Waals surface area contributed by atoms with Gasteiger partial charge in [-0.3, -0.25) is 0 Å². The molecule has 1 aliphatic heterocycles. The number of sulfonamides is 1. The van der Waals surface area contributed by atoms with E-state index < -0.39 is 10.0 Å². The van der Waals surface area contributed by atoms with Gasteiger partial charge in [-0.1, -0.05) is 0 Å². The van der Waals surface area contributed by atoms with Crippen molar-refractivity contribution in [3.05, 3.63) is 17.0 Å². The summed E-state index contributed by atoms with van der Waals surface area (Å²) in [6.45, 7) is 2.42. The molecule has 1 saturated heterocycles. The van der Waals surface area contributed by atoms with E-state index in [0.29, 0.717) is 30.6 Å². The first-order valence-corrected chi connectivity index (χ1v) is 8.34. The van der Waals surface area contributed by atoms with Gasteiger partial charge in [-0.15, -0.1) is 11.3 Å². The zero-order valence-electron chi connectivity index (χ0n) is 10.7. The maximum Gasteiger partial charge on any atom is 0.250 e. The summed E-state index contributed by atoms with van der Waals surface area (Å²) in [5.74, 6) is 0. The molecule has 2 N–H and O–H groups in total. The second-order valence-electron chi connectivity index (χ2n) is 4.17. The van der Waals surface area contributed by atoms with E-state index in [0.717, 1.165) is 4.88 Å². The van der Waals surface area contributed by atoms with Gasteiger partial charge in [-0.05, 0) is 19.2 Å². The molecule has 0 amide bonds. The van der Waals surface area contributed by atoms with Gasteiger partial charge in [0.15, 0.2) is 0 Å². The Hall–Kier alpha value is -0.510. The minimum Gasteiger partial charge on any atom is -0.376 e. The maximum atomic E-state index is 12.1. The highest BCUT2D eigenvalue weighted by Crippen LogP contribution is 2.21. The highest BCUT2D eigenvalue weighted by Gasteiger charge is 2.20. The van der Waals surface area contributed by atoms with Gasteiger partial charge >= 0.3 is 0 Å². The predicted octanol–water partition coefficient (Wildman–Crippen LogP) is 0.161. The van der Waals surface area contributed by atoms with Crippen molar-refractivity contribution in [2.75, 3.05) is 33.4 Å². The van der Waals surface area contributed by atoms with Crippen LogP contribution in [0, 0.1) is 0 Å². The Balaban J connectivity index is 1.92. The van der Waals surface area contributed by atoms with E-state index in [1.807, 2.05) is 13.1 Å². The summed E-state index contributed by atoms with van der Waals surface area (Å²) < 4.78 is 37.7. The normalized spacial score (nSPS) is 20.6. The van der Waals surface area contributed by atoms with Crippen LogP contribution >= 0.6 is 11.3 Å². The second kappa shape index (κ2) is 6.78. The first kappa shape index (κ1) is 14.9. The molecule has 2 heterocycles. The molecule has 6 nitrogen and oxygen atoms in total. The Morgan fingerprint density at radius 1 is 1.42 bits per heavy atom. The van der Waals surface area contributed by atoms with E-state index >= 15 is 0 Å². The van der Waals surface area contributed by atoms with Crippen LogP contribution in [0.2, 0.25) is 0 Å². The van der Waals surface area contributed by atoms with Gasteiger partial charge in [-0.25, -0.2) is 13.1 Å². The zero-order valence-corrected chi connectivity index (χ0v) is 12.4. The fourth-order valence-corrected chi connectivity index (χ4v) is 4.18. The summed E-state index contributed by atoms with van der Waals surface area (Å²) in [5, 5.41) is 2.99. The van der Waals surface area contributed by atoms with Crippen molar-refractivity contribution in [2.24, 2.45) is 0 Å². The molecule has 0 bridgehead atoms. The van der Waals surface area contributed by atoms with Crippen molar-refractivity contribution in [2.45, 2.75) is 16.9 Å². The fourth-order valence-electron chi connectivity index (χ4n) is 1.70. The van der Waals surface area contributed by atoms with E-state index in [2.05, 4.69) is 10.0 Å². The van der Waals surface area contributed by atoms with Gasteiger partial charge in [0.1, 0.15) is 4.21 Å². The van der Waals surface area contributed by atoms with Crippen molar-refractivity contribution in [1.29, 1.82) is 0 Å². The van der Waals surface area contributed by atoms with Gasteiger partial charge < -0.3 is 14.8 Å². The number of rotatable bonds is 6. The van der Waals surface area contributed by atoms with E-state index in [9.17, 15) is 8.42 Å². The number of nitrogens with one attached hydrogen (secondary N) is 2. The van der Waals surface area contributed by atoms with Gasteiger partial charge in [-0.2, -0.15) is 0 Å². The Labute approximate surface area is 117 Å². The largest absolute Gasteiger partial charge is 0.376 e. The minimum atomic E-state index is -3.45. The van der Waals surface area contributed by atoms with Crippen LogP contribution < -0.4 is 10.0 Å². The van der Waals surface area contributed by atoms with Gasteiger partial charge in [0.25, 0.3) is 0 Å². The average molecular weight is 306 g/mol. The number of hydrogen-bond donors (Lipinski definition) is 2. The lowest BCUT2D eigenvalue weighted by molar-refractivity contribution is -0.0846. The molecule has 8 heteroatoms. The Bertz CT molecular complexity index is 495. The third-order valence-corrected chi connectivity index (χ3v) is 5.64. The predicted molar refractivity (Wildman–Crippen MR) is 72.8 cm³/mol. The number of hydrogen-bond acceptors (Lipinski definition) is 6. The third-order valence-electron chi connectivity index (χ3n) is 2.64. The smallest absolute Gasteiger partial charge is 0.250 e. The van der Waals surface area contributed by atoms with Gasteiger partial charge in [0.05, 0.1) is 25.9 Å². The van der Waals surface area contributed by atoms with Crippen LogP contribution in [0.5, 0.6) is 0 Å². The highest BCUT2D eigenvalue weighted by molar-refractivity contribution is 7.91. The van der Waals surface area contributed by atoms with Crippen molar-refractivity contribution in [1.82, 2.24) is 10.0 Å². The van der Waals surface area contributed by atoms with Crippen molar-refractivity contribution in [3.63, 3.8) is 0 Å². The summed E-state index contributed by atoms with van der Waals surface area (Å²) in [7, 11) is -1.63. The minimum absolute atomic E-state index is 0.208. The Morgan fingerprint density at radius 2 is 2.26 bits per heavy atom. The molecule has 0 radical (unpaired) electrons. The van der Waals surface area contributed by atoms with E-state index in [4.69, 9.17) is 9.47 Å². The molecular weight excluding hydrogens is 288 g/mol. The molecule has 0 saturated carbocycles. The summed E-state index contributed by atoms with van der Waals surface area (Å²) in [5.41, 5.74) is 0. The molecule has 0 aliphatic carbocycles. The van der Waals surface area contributed by atoms with E-state index in [-0.39, 0.29) is 12.6 Å². The Kier molecular flexibility index (Phi) is 5.31. The van der Waals surface area contributed by atoms with Crippen molar-refractivity contribution < 1.29 is 17.9 Å². The maximum absolute atomic E-state index is 12.1. The molecule has 0 spiro atoms. The van der Waals surface area contributed by atoms with E-state index in [1.165, 1.54) is 11.3 Å². The molecule has 0 aromatic carbocycles. The molecular formula is C11H18N2O4S2. The van der Waals surface area contributed by atoms with Crippen LogP contribution in [-0.4, -0.2) is 47.9 Å². The van der Waals surface area contributed by atoms with Crippen molar-refractivity contribution in [3.8, 4) is 0 Å². The monoisotopic (exact) mass is 306 g/mol. The molecule has 1 unspecified atom stereocenters.